The molecule has 1 aromatic heterocycles. The molecule has 0 aliphatic carbocycles. The summed E-state index contributed by atoms with van der Waals surface area (Å²) in [5.74, 6) is 0. The quantitative estimate of drug-likeness (QED) is 0.766. The van der Waals surface area contributed by atoms with Crippen molar-refractivity contribution in [2.24, 2.45) is 0 Å². The molecule has 0 saturated carbocycles. The van der Waals surface area contributed by atoms with Crippen LogP contribution in [0.4, 0.5) is 0 Å². The van der Waals surface area contributed by atoms with Crippen LogP contribution in [0, 0.1) is 0 Å². The van der Waals surface area contributed by atoms with Crippen LogP contribution in [-0.2, 0) is 0 Å². The molecule has 0 aliphatic heterocycles. The molecule has 0 fully saturated rings. The fraction of sp³-hybridized carbons (Fsp3) is 0.167. The molecule has 0 saturated heterocycles. The third-order valence-corrected chi connectivity index (χ3v) is 2.93. The van der Waals surface area contributed by atoms with Crippen molar-refractivity contribution >= 4 is 17.9 Å². The van der Waals surface area contributed by atoms with Crippen molar-refractivity contribution in [3.8, 4) is 0 Å². The molecular weight excluding hydrogens is 224 g/mol. The fourth-order valence-electron chi connectivity index (χ4n) is 1.69. The first-order valence-corrected chi connectivity index (χ1v) is 5.33. The predicted molar refractivity (Wildman–Crippen MR) is 62.9 cm³/mol. The van der Waals surface area contributed by atoms with Crippen molar-refractivity contribution < 1.29 is 4.79 Å². The number of aromatic nitrogens is 2. The minimum atomic E-state index is -0.00333. The van der Waals surface area contributed by atoms with E-state index in [-0.39, 0.29) is 6.04 Å². The molecule has 1 unspecified atom stereocenters. The van der Waals surface area contributed by atoms with Gasteiger partial charge in [-0.05, 0) is 18.6 Å². The van der Waals surface area contributed by atoms with Gasteiger partial charge in [-0.3, -0.25) is 4.79 Å². The molecule has 0 spiro atoms. The number of rotatable bonds is 3. The van der Waals surface area contributed by atoms with Gasteiger partial charge in [-0.25, -0.2) is 4.98 Å². The number of carbonyl (C=O) groups is 1. The maximum absolute atomic E-state index is 10.8. The monoisotopic (exact) mass is 234 g/mol. The van der Waals surface area contributed by atoms with Gasteiger partial charge in [-0.15, -0.1) is 0 Å². The largest absolute Gasteiger partial charge is 0.321 e. The van der Waals surface area contributed by atoms with E-state index in [9.17, 15) is 4.79 Å². The third-order valence-electron chi connectivity index (χ3n) is 2.59. The lowest BCUT2D eigenvalue weighted by Crippen LogP contribution is -2.09. The summed E-state index contributed by atoms with van der Waals surface area (Å²) in [4.78, 5) is 14.8. The molecule has 3 nitrogen and oxygen atoms in total. The number of halogens is 1. The number of nitrogens with zero attached hydrogens (tertiary/aromatic N) is 2. The Labute approximate surface area is 98.7 Å². The van der Waals surface area contributed by atoms with Crippen LogP contribution < -0.4 is 0 Å². The summed E-state index contributed by atoms with van der Waals surface area (Å²) < 4.78 is 1.80. The Morgan fingerprint density at radius 3 is 2.88 bits per heavy atom. The minimum absolute atomic E-state index is 0.00333. The molecule has 0 radical (unpaired) electrons. The average Bonchev–Trinajstić information content (AvgIpc) is 2.77. The normalized spacial score (nSPS) is 12.4. The molecular formula is C12H11ClN2O. The smallest absolute Gasteiger partial charge is 0.168 e. The zero-order valence-electron chi connectivity index (χ0n) is 8.80. The standard InChI is InChI=1S/C12H11ClN2O/c1-9(11-4-2-3-5-12(11)13)15-8-14-6-10(15)7-16/h2-9H,1H3. The van der Waals surface area contributed by atoms with Crippen LogP contribution in [0.5, 0.6) is 0 Å². The molecule has 16 heavy (non-hydrogen) atoms. The first-order chi connectivity index (χ1) is 7.74. The second kappa shape index (κ2) is 4.49. The van der Waals surface area contributed by atoms with Crippen LogP contribution in [-0.4, -0.2) is 15.8 Å². The molecule has 2 aromatic rings. The number of hydrogen-bond donors (Lipinski definition) is 0. The predicted octanol–water partition coefficient (Wildman–Crippen LogP) is 2.96. The Balaban J connectivity index is 2.43. The van der Waals surface area contributed by atoms with E-state index in [2.05, 4.69) is 4.98 Å². The Morgan fingerprint density at radius 1 is 1.44 bits per heavy atom. The van der Waals surface area contributed by atoms with Gasteiger partial charge >= 0.3 is 0 Å². The molecule has 0 N–H and O–H groups in total. The molecule has 1 aromatic carbocycles. The number of aldehydes is 1. The van der Waals surface area contributed by atoms with Gasteiger partial charge in [0.15, 0.2) is 6.29 Å². The molecule has 4 heteroatoms. The van der Waals surface area contributed by atoms with Gasteiger partial charge in [-0.1, -0.05) is 29.8 Å². The molecule has 1 atom stereocenters. The Kier molecular flexibility index (Phi) is 3.06. The van der Waals surface area contributed by atoms with Crippen molar-refractivity contribution in [2.45, 2.75) is 13.0 Å². The maximum Gasteiger partial charge on any atom is 0.168 e. The number of benzene rings is 1. The van der Waals surface area contributed by atoms with Crippen LogP contribution in [0.15, 0.2) is 36.8 Å². The molecule has 1 heterocycles. The van der Waals surface area contributed by atoms with Crippen molar-refractivity contribution in [3.05, 3.63) is 53.1 Å². The Hall–Kier alpha value is -1.61. The summed E-state index contributed by atoms with van der Waals surface area (Å²) in [7, 11) is 0. The maximum atomic E-state index is 10.8. The fourth-order valence-corrected chi connectivity index (χ4v) is 1.99. The van der Waals surface area contributed by atoms with E-state index in [0.29, 0.717) is 10.7 Å². The zero-order valence-corrected chi connectivity index (χ0v) is 9.56. The van der Waals surface area contributed by atoms with E-state index >= 15 is 0 Å². The molecule has 82 valence electrons. The summed E-state index contributed by atoms with van der Waals surface area (Å²) >= 11 is 6.11. The highest BCUT2D eigenvalue weighted by Gasteiger charge is 2.13. The lowest BCUT2D eigenvalue weighted by molar-refractivity contribution is 0.111. The van der Waals surface area contributed by atoms with Crippen molar-refractivity contribution in [1.82, 2.24) is 9.55 Å². The summed E-state index contributed by atoms with van der Waals surface area (Å²) in [6, 6.07) is 7.59. The number of carbonyl (C=O) groups excluding carboxylic acids is 1. The molecule has 0 aliphatic rings. The van der Waals surface area contributed by atoms with E-state index in [1.54, 1.807) is 17.1 Å². The van der Waals surface area contributed by atoms with E-state index in [1.165, 1.54) is 0 Å². The Morgan fingerprint density at radius 2 is 2.19 bits per heavy atom. The summed E-state index contributed by atoms with van der Waals surface area (Å²) in [5.41, 5.74) is 1.53. The van der Waals surface area contributed by atoms with E-state index in [1.807, 2.05) is 31.2 Å². The van der Waals surface area contributed by atoms with Crippen LogP contribution in [0.2, 0.25) is 5.02 Å². The van der Waals surface area contributed by atoms with Gasteiger partial charge in [-0.2, -0.15) is 0 Å². The topological polar surface area (TPSA) is 34.9 Å². The van der Waals surface area contributed by atoms with Crippen LogP contribution in [0.25, 0.3) is 0 Å². The highest BCUT2D eigenvalue weighted by atomic mass is 35.5. The van der Waals surface area contributed by atoms with E-state index in [4.69, 9.17) is 11.6 Å². The summed E-state index contributed by atoms with van der Waals surface area (Å²) in [6.45, 7) is 1.98. The number of hydrogen-bond acceptors (Lipinski definition) is 2. The van der Waals surface area contributed by atoms with Gasteiger partial charge in [0.1, 0.15) is 5.69 Å². The Bertz CT molecular complexity index is 507. The van der Waals surface area contributed by atoms with Crippen molar-refractivity contribution in [1.29, 1.82) is 0 Å². The molecule has 2 rings (SSSR count). The van der Waals surface area contributed by atoms with Gasteiger partial charge in [0.05, 0.1) is 18.6 Å². The zero-order chi connectivity index (χ0) is 11.5. The van der Waals surface area contributed by atoms with Gasteiger partial charge in [0.2, 0.25) is 0 Å². The minimum Gasteiger partial charge on any atom is -0.321 e. The first-order valence-electron chi connectivity index (χ1n) is 4.95. The molecule has 0 bridgehead atoms. The van der Waals surface area contributed by atoms with Crippen LogP contribution >= 0.6 is 11.6 Å². The second-order valence-electron chi connectivity index (χ2n) is 3.54. The summed E-state index contributed by atoms with van der Waals surface area (Å²) in [6.07, 6.45) is 3.97. The van der Waals surface area contributed by atoms with Gasteiger partial charge in [0.25, 0.3) is 0 Å². The lowest BCUT2D eigenvalue weighted by atomic mass is 10.1. The molecule has 0 amide bonds. The van der Waals surface area contributed by atoms with E-state index in [0.717, 1.165) is 11.8 Å². The van der Waals surface area contributed by atoms with Gasteiger partial charge in [0, 0.05) is 5.02 Å². The SMILES string of the molecule is CC(c1ccccc1Cl)n1cncc1C=O. The van der Waals surface area contributed by atoms with Crippen LogP contribution in [0.3, 0.4) is 0 Å². The van der Waals surface area contributed by atoms with Gasteiger partial charge < -0.3 is 4.57 Å². The van der Waals surface area contributed by atoms with Crippen molar-refractivity contribution in [2.75, 3.05) is 0 Å². The highest BCUT2D eigenvalue weighted by molar-refractivity contribution is 6.31. The highest BCUT2D eigenvalue weighted by Crippen LogP contribution is 2.25. The van der Waals surface area contributed by atoms with Crippen LogP contribution in [0.1, 0.15) is 29.0 Å². The van der Waals surface area contributed by atoms with E-state index < -0.39 is 0 Å². The second-order valence-corrected chi connectivity index (χ2v) is 3.95. The van der Waals surface area contributed by atoms with Crippen molar-refractivity contribution in [3.63, 3.8) is 0 Å². The third kappa shape index (κ3) is 1.86. The lowest BCUT2D eigenvalue weighted by Gasteiger charge is -2.16. The number of imidazole rings is 1. The summed E-state index contributed by atoms with van der Waals surface area (Å²) in [5, 5.41) is 0.695. The average molecular weight is 235 g/mol. The first kappa shape index (κ1) is 10.9.